The number of nitrogens with zero attached hydrogens (tertiary/aromatic N) is 2. The lowest BCUT2D eigenvalue weighted by Crippen LogP contribution is -2.46. The van der Waals surface area contributed by atoms with Crippen molar-refractivity contribution in [3.63, 3.8) is 0 Å². The second-order valence-corrected chi connectivity index (χ2v) is 10.5. The second kappa shape index (κ2) is 11.3. The number of carbonyl (C=O) groups is 1. The van der Waals surface area contributed by atoms with E-state index < -0.39 is 10.0 Å². The van der Waals surface area contributed by atoms with Crippen molar-refractivity contribution in [1.82, 2.24) is 15.1 Å². The average Bonchev–Trinajstić information content (AvgIpc) is 2.76. The number of piperazine rings is 1. The first-order valence-corrected chi connectivity index (χ1v) is 12.9. The highest BCUT2D eigenvalue weighted by molar-refractivity contribution is 7.92. The summed E-state index contributed by atoms with van der Waals surface area (Å²) < 4.78 is 27.4. The number of halogens is 2. The molecule has 2 aromatic rings. The van der Waals surface area contributed by atoms with Gasteiger partial charge in [-0.25, -0.2) is 8.42 Å². The molecule has 3 rings (SSSR count). The van der Waals surface area contributed by atoms with Crippen molar-refractivity contribution >= 4 is 44.8 Å². The Balaban J connectivity index is 1.46. The topological polar surface area (TPSA) is 81.8 Å². The molecule has 0 unspecified atom stereocenters. The van der Waals surface area contributed by atoms with Crippen molar-refractivity contribution in [3.05, 3.63) is 63.6 Å². The van der Waals surface area contributed by atoms with E-state index in [1.165, 1.54) is 0 Å². The van der Waals surface area contributed by atoms with Crippen molar-refractivity contribution in [3.8, 4) is 0 Å². The van der Waals surface area contributed by atoms with Gasteiger partial charge in [-0.3, -0.25) is 14.4 Å². The molecular formula is C22H28Cl2N4O3S. The molecule has 7 nitrogen and oxygen atoms in total. The van der Waals surface area contributed by atoms with Gasteiger partial charge in [-0.2, -0.15) is 0 Å². The van der Waals surface area contributed by atoms with E-state index in [0.717, 1.165) is 32.7 Å². The Bertz CT molecular complexity index is 1020. The maximum atomic E-state index is 12.4. The van der Waals surface area contributed by atoms with Crippen LogP contribution < -0.4 is 10.0 Å². The summed E-state index contributed by atoms with van der Waals surface area (Å²) in [7, 11) is -1.48. The van der Waals surface area contributed by atoms with Crippen LogP contribution in [0.2, 0.25) is 10.0 Å². The summed E-state index contributed by atoms with van der Waals surface area (Å²) in [6.45, 7) is 5.47. The molecule has 174 valence electrons. The van der Waals surface area contributed by atoms with E-state index in [-0.39, 0.29) is 18.1 Å². The summed E-state index contributed by atoms with van der Waals surface area (Å²) in [6.07, 6.45) is 0.239. The molecule has 1 amide bonds. The summed E-state index contributed by atoms with van der Waals surface area (Å²) in [4.78, 5) is 17.0. The van der Waals surface area contributed by atoms with E-state index in [4.69, 9.17) is 23.2 Å². The van der Waals surface area contributed by atoms with Crippen LogP contribution in [0.5, 0.6) is 0 Å². The molecule has 1 saturated heterocycles. The van der Waals surface area contributed by atoms with Gasteiger partial charge < -0.3 is 10.2 Å². The molecule has 0 atom stereocenters. The predicted molar refractivity (Wildman–Crippen MR) is 130 cm³/mol. The number of aryl methyl sites for hydroxylation is 1. The third-order valence-corrected chi connectivity index (χ3v) is 7.55. The molecule has 10 heteroatoms. The Hall–Kier alpha value is -1.84. The predicted octanol–water partition coefficient (Wildman–Crippen LogP) is 2.96. The number of hydrogen-bond acceptors (Lipinski definition) is 5. The summed E-state index contributed by atoms with van der Waals surface area (Å²) in [6, 6.07) is 11.5. The fourth-order valence-corrected chi connectivity index (χ4v) is 4.91. The molecule has 1 heterocycles. The van der Waals surface area contributed by atoms with Crippen molar-refractivity contribution < 1.29 is 13.2 Å². The molecule has 0 aliphatic carbocycles. The number of sulfonamides is 1. The van der Waals surface area contributed by atoms with Gasteiger partial charge in [0.2, 0.25) is 10.0 Å². The third-order valence-electron chi connectivity index (χ3n) is 5.40. The van der Waals surface area contributed by atoms with E-state index in [1.54, 1.807) is 42.5 Å². The minimum absolute atomic E-state index is 0.137. The standard InChI is InChI=1S/C22H28Cl2N4O3S/c1-27-12-14-28(15-13-27)11-10-25-22(29)18-5-7-19(8-6-18)26-32(30,31)16-9-17-3-2-4-20(23)21(17)24/h2-8,26H,9-16H2,1H3,(H,25,29). The number of rotatable bonds is 9. The van der Waals surface area contributed by atoms with Crippen LogP contribution in [0.15, 0.2) is 42.5 Å². The van der Waals surface area contributed by atoms with E-state index in [9.17, 15) is 13.2 Å². The van der Waals surface area contributed by atoms with Crippen molar-refractivity contribution in [2.24, 2.45) is 0 Å². The van der Waals surface area contributed by atoms with Crippen LogP contribution in [0.25, 0.3) is 0 Å². The molecule has 1 aliphatic heterocycles. The lowest BCUT2D eigenvalue weighted by Gasteiger charge is -2.32. The molecule has 0 radical (unpaired) electrons. The lowest BCUT2D eigenvalue weighted by atomic mass is 10.2. The fraction of sp³-hybridized carbons (Fsp3) is 0.409. The largest absolute Gasteiger partial charge is 0.351 e. The number of benzene rings is 2. The van der Waals surface area contributed by atoms with Gasteiger partial charge in [0, 0.05) is 50.5 Å². The molecule has 2 N–H and O–H groups in total. The van der Waals surface area contributed by atoms with Crippen LogP contribution >= 0.6 is 23.2 Å². The summed E-state index contributed by atoms with van der Waals surface area (Å²) in [5, 5.41) is 3.68. The van der Waals surface area contributed by atoms with Crippen molar-refractivity contribution in [1.29, 1.82) is 0 Å². The number of anilines is 1. The fourth-order valence-electron chi connectivity index (χ4n) is 3.41. The van der Waals surface area contributed by atoms with Crippen molar-refractivity contribution in [2.75, 3.05) is 56.8 Å². The monoisotopic (exact) mass is 498 g/mol. The number of amides is 1. The summed E-state index contributed by atoms with van der Waals surface area (Å²) in [5.41, 5.74) is 1.56. The average molecular weight is 499 g/mol. The van der Waals surface area contributed by atoms with Gasteiger partial charge in [0.1, 0.15) is 0 Å². The minimum atomic E-state index is -3.59. The third kappa shape index (κ3) is 7.35. The molecule has 1 fully saturated rings. The second-order valence-electron chi connectivity index (χ2n) is 7.86. The molecule has 2 aromatic carbocycles. The van der Waals surface area contributed by atoms with Gasteiger partial charge in [-0.1, -0.05) is 35.3 Å². The molecule has 32 heavy (non-hydrogen) atoms. The highest BCUT2D eigenvalue weighted by Gasteiger charge is 2.15. The molecule has 0 aromatic heterocycles. The van der Waals surface area contributed by atoms with Gasteiger partial charge >= 0.3 is 0 Å². The first-order chi connectivity index (χ1) is 15.2. The quantitative estimate of drug-likeness (QED) is 0.555. The maximum absolute atomic E-state index is 12.4. The number of hydrogen-bond donors (Lipinski definition) is 2. The zero-order valence-electron chi connectivity index (χ0n) is 18.0. The molecule has 1 aliphatic rings. The van der Waals surface area contributed by atoms with Gasteiger partial charge in [0.05, 0.1) is 15.8 Å². The minimum Gasteiger partial charge on any atom is -0.351 e. The number of nitrogens with one attached hydrogen (secondary N) is 2. The zero-order chi connectivity index (χ0) is 23.1. The number of likely N-dealkylation sites (N-methyl/N-ethyl adjacent to an activating group) is 1. The normalized spacial score (nSPS) is 15.5. The first kappa shape index (κ1) is 24.8. The molecule has 0 bridgehead atoms. The van der Waals surface area contributed by atoms with Crippen molar-refractivity contribution in [2.45, 2.75) is 6.42 Å². The number of carbonyl (C=O) groups excluding carboxylic acids is 1. The smallest absolute Gasteiger partial charge is 0.251 e. The van der Waals surface area contributed by atoms with Gasteiger partial charge in [0.25, 0.3) is 5.91 Å². The molecular weight excluding hydrogens is 471 g/mol. The van der Waals surface area contributed by atoms with Gasteiger partial charge in [-0.15, -0.1) is 0 Å². The highest BCUT2D eigenvalue weighted by Crippen LogP contribution is 2.26. The van der Waals surface area contributed by atoms with E-state index >= 15 is 0 Å². The summed E-state index contributed by atoms with van der Waals surface area (Å²) in [5.74, 6) is -0.314. The van der Waals surface area contributed by atoms with Crippen LogP contribution in [0.1, 0.15) is 15.9 Å². The van der Waals surface area contributed by atoms with Crippen LogP contribution in [0, 0.1) is 0 Å². The Morgan fingerprint density at radius 1 is 1.03 bits per heavy atom. The van der Waals surface area contributed by atoms with Gasteiger partial charge in [-0.05, 0) is 49.4 Å². The van der Waals surface area contributed by atoms with E-state index in [0.29, 0.717) is 33.4 Å². The molecule has 0 spiro atoms. The Morgan fingerprint density at radius 3 is 2.41 bits per heavy atom. The Kier molecular flexibility index (Phi) is 8.79. The van der Waals surface area contributed by atoms with Gasteiger partial charge in [0.15, 0.2) is 0 Å². The molecule has 0 saturated carbocycles. The maximum Gasteiger partial charge on any atom is 0.251 e. The Morgan fingerprint density at radius 2 is 1.72 bits per heavy atom. The van der Waals surface area contributed by atoms with Crippen LogP contribution in [0.4, 0.5) is 5.69 Å². The first-order valence-electron chi connectivity index (χ1n) is 10.5. The summed E-state index contributed by atoms with van der Waals surface area (Å²) >= 11 is 12.1. The highest BCUT2D eigenvalue weighted by atomic mass is 35.5. The SMILES string of the molecule is CN1CCN(CCNC(=O)c2ccc(NS(=O)(=O)CCc3cccc(Cl)c3Cl)cc2)CC1. The Labute approximate surface area is 199 Å². The van der Waals surface area contributed by atoms with Crippen LogP contribution in [-0.4, -0.2) is 76.2 Å². The van der Waals surface area contributed by atoms with Crippen LogP contribution in [0.3, 0.4) is 0 Å². The van der Waals surface area contributed by atoms with E-state index in [2.05, 4.69) is 26.9 Å². The zero-order valence-corrected chi connectivity index (χ0v) is 20.3. The van der Waals surface area contributed by atoms with Crippen LogP contribution in [-0.2, 0) is 16.4 Å². The lowest BCUT2D eigenvalue weighted by molar-refractivity contribution is 0.0941. The van der Waals surface area contributed by atoms with E-state index in [1.807, 2.05) is 0 Å².